The van der Waals surface area contributed by atoms with Gasteiger partial charge in [-0.15, -0.1) is 0 Å². The Morgan fingerprint density at radius 2 is 2.20 bits per heavy atom. The van der Waals surface area contributed by atoms with Crippen LogP contribution >= 0.6 is 11.8 Å². The second-order valence-electron chi connectivity index (χ2n) is 4.70. The molecule has 20 heavy (non-hydrogen) atoms. The van der Waals surface area contributed by atoms with E-state index in [4.69, 9.17) is 9.47 Å². The van der Waals surface area contributed by atoms with Gasteiger partial charge in [-0.25, -0.2) is 8.42 Å². The Morgan fingerprint density at radius 3 is 2.85 bits per heavy atom. The van der Waals surface area contributed by atoms with Crippen molar-refractivity contribution in [2.24, 2.45) is 0 Å². The highest BCUT2D eigenvalue weighted by atomic mass is 32.2. The van der Waals surface area contributed by atoms with Crippen LogP contribution in [0.1, 0.15) is 6.92 Å². The Balaban J connectivity index is 2.46. The molecular formula is C12H25NO5S2. The third-order valence-electron chi connectivity index (χ3n) is 3.19. The van der Waals surface area contributed by atoms with Crippen LogP contribution in [0.2, 0.25) is 0 Å². The van der Waals surface area contributed by atoms with Gasteiger partial charge in [-0.2, -0.15) is 11.8 Å². The first-order valence-corrected chi connectivity index (χ1v) is 9.66. The maximum absolute atomic E-state index is 12.1. The molecule has 1 fully saturated rings. The molecule has 0 bridgehead atoms. The van der Waals surface area contributed by atoms with E-state index in [1.165, 1.54) is 0 Å². The summed E-state index contributed by atoms with van der Waals surface area (Å²) in [5.74, 6) is 1.61. The third kappa shape index (κ3) is 5.87. The fraction of sp³-hybridized carbons (Fsp3) is 1.00. The largest absolute Gasteiger partial charge is 0.389 e. The van der Waals surface area contributed by atoms with Crippen LogP contribution in [-0.4, -0.2) is 87.2 Å². The maximum atomic E-state index is 12.1. The quantitative estimate of drug-likeness (QED) is 0.589. The van der Waals surface area contributed by atoms with Gasteiger partial charge < -0.3 is 14.6 Å². The number of nitrogens with zero attached hydrogens (tertiary/aromatic N) is 1. The van der Waals surface area contributed by atoms with Crippen LogP contribution in [0.5, 0.6) is 0 Å². The van der Waals surface area contributed by atoms with Gasteiger partial charge in [-0.05, 0) is 0 Å². The number of sulfone groups is 1. The molecule has 2 unspecified atom stereocenters. The molecule has 0 aromatic heterocycles. The van der Waals surface area contributed by atoms with E-state index in [1.54, 1.807) is 25.8 Å². The molecule has 0 spiro atoms. The topological polar surface area (TPSA) is 76.1 Å². The Bertz CT molecular complexity index is 363. The van der Waals surface area contributed by atoms with E-state index in [2.05, 4.69) is 0 Å². The van der Waals surface area contributed by atoms with E-state index in [0.29, 0.717) is 32.1 Å². The first-order valence-electron chi connectivity index (χ1n) is 6.79. The summed E-state index contributed by atoms with van der Waals surface area (Å²) in [4.78, 5) is 1.86. The minimum Gasteiger partial charge on any atom is -0.389 e. The number of hydrogen-bond acceptors (Lipinski definition) is 7. The number of hydrogen-bond donors (Lipinski definition) is 1. The normalized spacial score (nSPS) is 22.9. The Labute approximate surface area is 125 Å². The number of rotatable bonds is 9. The summed E-state index contributed by atoms with van der Waals surface area (Å²) in [6.07, 6.45) is -0.676. The van der Waals surface area contributed by atoms with Gasteiger partial charge in [0.25, 0.3) is 0 Å². The highest BCUT2D eigenvalue weighted by molar-refractivity contribution is 8.01. The van der Waals surface area contributed by atoms with E-state index in [9.17, 15) is 13.5 Å². The first-order chi connectivity index (χ1) is 9.51. The summed E-state index contributed by atoms with van der Waals surface area (Å²) in [6.45, 7) is 3.80. The zero-order valence-electron chi connectivity index (χ0n) is 12.2. The summed E-state index contributed by atoms with van der Waals surface area (Å²) in [7, 11) is -1.52. The van der Waals surface area contributed by atoms with Crippen molar-refractivity contribution >= 4 is 21.6 Å². The SMILES string of the molecule is CCS(=O)(=O)C1CSCCN1CC(O)COCCOC. The fourth-order valence-electron chi connectivity index (χ4n) is 2.03. The Kier molecular flexibility index (Phi) is 8.38. The number of aliphatic hydroxyl groups is 1. The van der Waals surface area contributed by atoms with Gasteiger partial charge in [-0.3, -0.25) is 4.90 Å². The molecule has 0 amide bonds. The molecule has 1 heterocycles. The highest BCUT2D eigenvalue weighted by Crippen LogP contribution is 2.21. The Hall–Kier alpha value is 0.140. The van der Waals surface area contributed by atoms with Gasteiger partial charge in [0.15, 0.2) is 9.84 Å². The molecule has 0 aliphatic carbocycles. The molecule has 120 valence electrons. The fourth-order valence-corrected chi connectivity index (χ4v) is 5.12. The lowest BCUT2D eigenvalue weighted by Gasteiger charge is -2.35. The van der Waals surface area contributed by atoms with Crippen LogP contribution in [0.4, 0.5) is 0 Å². The summed E-state index contributed by atoms with van der Waals surface area (Å²) in [5, 5.41) is 9.46. The summed E-state index contributed by atoms with van der Waals surface area (Å²) in [6, 6.07) is 0. The molecule has 1 saturated heterocycles. The maximum Gasteiger partial charge on any atom is 0.166 e. The van der Waals surface area contributed by atoms with Crippen molar-refractivity contribution in [2.45, 2.75) is 18.4 Å². The third-order valence-corrected chi connectivity index (χ3v) is 6.53. The minimum absolute atomic E-state index is 0.134. The molecule has 0 aromatic carbocycles. The van der Waals surface area contributed by atoms with Crippen molar-refractivity contribution in [2.75, 3.05) is 57.3 Å². The molecule has 1 N–H and O–H groups in total. The van der Waals surface area contributed by atoms with E-state index in [-0.39, 0.29) is 12.4 Å². The van der Waals surface area contributed by atoms with Crippen molar-refractivity contribution in [3.05, 3.63) is 0 Å². The van der Waals surface area contributed by atoms with Crippen molar-refractivity contribution in [1.29, 1.82) is 0 Å². The molecule has 0 aromatic rings. The van der Waals surface area contributed by atoms with Crippen molar-refractivity contribution in [3.8, 4) is 0 Å². The van der Waals surface area contributed by atoms with E-state index in [1.807, 2.05) is 4.90 Å². The predicted octanol–water partition coefficient (Wildman–Crippen LogP) is -0.180. The molecule has 8 heteroatoms. The summed E-state index contributed by atoms with van der Waals surface area (Å²) < 4.78 is 34.2. The monoisotopic (exact) mass is 327 g/mol. The van der Waals surface area contributed by atoms with Gasteiger partial charge in [0.1, 0.15) is 5.37 Å². The van der Waals surface area contributed by atoms with Crippen molar-refractivity contribution in [3.63, 3.8) is 0 Å². The van der Waals surface area contributed by atoms with Gasteiger partial charge in [-0.1, -0.05) is 6.92 Å². The number of thioether (sulfide) groups is 1. The number of aliphatic hydroxyl groups excluding tert-OH is 1. The molecule has 1 rings (SSSR count). The van der Waals surface area contributed by atoms with Crippen LogP contribution in [0.3, 0.4) is 0 Å². The van der Waals surface area contributed by atoms with Gasteiger partial charge in [0, 0.05) is 37.5 Å². The second-order valence-corrected chi connectivity index (χ2v) is 8.29. The molecular weight excluding hydrogens is 302 g/mol. The lowest BCUT2D eigenvalue weighted by atomic mass is 10.3. The standard InChI is InChI=1S/C12H25NO5S2/c1-3-20(15,16)12-10-19-7-4-13(12)8-11(14)9-18-6-5-17-2/h11-12,14H,3-10H2,1-2H3. The van der Waals surface area contributed by atoms with E-state index < -0.39 is 21.3 Å². The number of β-amino-alcohol motifs (C(OH)–C–C–N with tert-alkyl or cyclic N) is 1. The highest BCUT2D eigenvalue weighted by Gasteiger charge is 2.33. The molecule has 1 aliphatic heterocycles. The average molecular weight is 327 g/mol. The molecule has 0 saturated carbocycles. The zero-order chi connectivity index (χ0) is 15.0. The van der Waals surface area contributed by atoms with Crippen LogP contribution in [-0.2, 0) is 19.3 Å². The van der Waals surface area contributed by atoms with Crippen LogP contribution < -0.4 is 0 Å². The smallest absolute Gasteiger partial charge is 0.166 e. The van der Waals surface area contributed by atoms with E-state index in [0.717, 1.165) is 5.75 Å². The zero-order valence-corrected chi connectivity index (χ0v) is 13.8. The lowest BCUT2D eigenvalue weighted by molar-refractivity contribution is -0.00103. The average Bonchev–Trinajstić information content (AvgIpc) is 2.44. The van der Waals surface area contributed by atoms with Crippen LogP contribution in [0.25, 0.3) is 0 Å². The van der Waals surface area contributed by atoms with Crippen LogP contribution in [0.15, 0.2) is 0 Å². The number of methoxy groups -OCH3 is 1. The summed E-state index contributed by atoms with van der Waals surface area (Å²) >= 11 is 1.65. The second kappa shape index (κ2) is 9.22. The lowest BCUT2D eigenvalue weighted by Crippen LogP contribution is -2.51. The van der Waals surface area contributed by atoms with Crippen molar-refractivity contribution in [1.82, 2.24) is 4.90 Å². The predicted molar refractivity (Wildman–Crippen MR) is 80.8 cm³/mol. The minimum atomic E-state index is -3.11. The van der Waals surface area contributed by atoms with Gasteiger partial charge >= 0.3 is 0 Å². The molecule has 2 atom stereocenters. The Morgan fingerprint density at radius 1 is 1.45 bits per heavy atom. The van der Waals surface area contributed by atoms with Gasteiger partial charge in [0.2, 0.25) is 0 Å². The van der Waals surface area contributed by atoms with Crippen LogP contribution in [0, 0.1) is 0 Å². The van der Waals surface area contributed by atoms with Gasteiger partial charge in [0.05, 0.1) is 25.9 Å². The molecule has 6 nitrogen and oxygen atoms in total. The van der Waals surface area contributed by atoms with E-state index >= 15 is 0 Å². The first kappa shape index (κ1) is 18.2. The molecule has 0 radical (unpaired) electrons. The summed E-state index contributed by atoms with van der Waals surface area (Å²) in [5.41, 5.74) is 0. The molecule has 1 aliphatic rings. The van der Waals surface area contributed by atoms with Crippen molar-refractivity contribution < 1.29 is 23.0 Å². The number of ether oxygens (including phenoxy) is 2.